The number of hydrogen-bond acceptors (Lipinski definition) is 5. The van der Waals surface area contributed by atoms with Crippen LogP contribution in [0.25, 0.3) is 0 Å². The maximum absolute atomic E-state index is 10.6. The molecule has 1 aliphatic rings. The molecule has 1 aliphatic heterocycles. The molecule has 0 aromatic rings. The summed E-state index contributed by atoms with van der Waals surface area (Å²) in [7, 11) is 0. The maximum atomic E-state index is 10.6. The highest BCUT2D eigenvalue weighted by atomic mass is 16.5. The van der Waals surface area contributed by atoms with Crippen LogP contribution < -0.4 is 0 Å². The Bertz CT molecular complexity index is 228. The zero-order valence-electron chi connectivity index (χ0n) is 11.7. The van der Waals surface area contributed by atoms with Crippen LogP contribution in [-0.4, -0.2) is 74.9 Å². The summed E-state index contributed by atoms with van der Waals surface area (Å²) in [5, 5.41) is 0. The molecular weight excluding hydrogens is 232 g/mol. The van der Waals surface area contributed by atoms with Gasteiger partial charge in [0, 0.05) is 52.8 Å². The van der Waals surface area contributed by atoms with Gasteiger partial charge in [0.2, 0.25) is 0 Å². The summed E-state index contributed by atoms with van der Waals surface area (Å²) >= 11 is 0. The topological polar surface area (TPSA) is 42.0 Å². The molecule has 0 spiro atoms. The smallest absolute Gasteiger partial charge is 0.302 e. The number of rotatable bonds is 8. The average molecular weight is 258 g/mol. The molecule has 0 bridgehead atoms. The van der Waals surface area contributed by atoms with Gasteiger partial charge in [-0.1, -0.05) is 6.92 Å². The largest absolute Gasteiger partial charge is 0.465 e. The van der Waals surface area contributed by atoms with E-state index in [0.717, 1.165) is 58.9 Å². The molecule has 106 valence electrons. The Morgan fingerprint density at radius 2 is 1.56 bits per heavy atom. The molecule has 0 N–H and O–H groups in total. The van der Waals surface area contributed by atoms with E-state index in [1.165, 1.54) is 6.92 Å². The SMILES string of the molecule is CCCOCCN1CCN(CCOC(C)=O)CC1. The predicted octanol–water partition coefficient (Wildman–Crippen LogP) is 0.594. The van der Waals surface area contributed by atoms with Crippen LogP contribution in [0, 0.1) is 0 Å². The highest BCUT2D eigenvalue weighted by Crippen LogP contribution is 2.01. The summed E-state index contributed by atoms with van der Waals surface area (Å²) in [6.07, 6.45) is 1.09. The van der Waals surface area contributed by atoms with Crippen molar-refractivity contribution < 1.29 is 14.3 Å². The van der Waals surface area contributed by atoms with Crippen LogP contribution in [0.3, 0.4) is 0 Å². The number of nitrogens with zero attached hydrogens (tertiary/aromatic N) is 2. The number of piperazine rings is 1. The molecular formula is C13H26N2O3. The molecule has 1 fully saturated rings. The highest BCUT2D eigenvalue weighted by Gasteiger charge is 2.16. The first-order valence-electron chi connectivity index (χ1n) is 6.88. The van der Waals surface area contributed by atoms with Crippen LogP contribution in [0.5, 0.6) is 0 Å². The summed E-state index contributed by atoms with van der Waals surface area (Å²) in [6, 6.07) is 0. The van der Waals surface area contributed by atoms with Crippen LogP contribution in [0.15, 0.2) is 0 Å². The number of carbonyl (C=O) groups is 1. The van der Waals surface area contributed by atoms with E-state index in [2.05, 4.69) is 16.7 Å². The van der Waals surface area contributed by atoms with E-state index in [1.807, 2.05) is 0 Å². The summed E-state index contributed by atoms with van der Waals surface area (Å²) in [4.78, 5) is 15.4. The summed E-state index contributed by atoms with van der Waals surface area (Å²) < 4.78 is 10.4. The van der Waals surface area contributed by atoms with Gasteiger partial charge in [0.1, 0.15) is 6.61 Å². The Kier molecular flexibility index (Phi) is 7.96. The lowest BCUT2D eigenvalue weighted by Crippen LogP contribution is -2.48. The molecule has 0 saturated carbocycles. The molecule has 5 nitrogen and oxygen atoms in total. The molecule has 0 aliphatic carbocycles. The Morgan fingerprint density at radius 1 is 1.00 bits per heavy atom. The zero-order chi connectivity index (χ0) is 13.2. The van der Waals surface area contributed by atoms with Gasteiger partial charge in [-0.15, -0.1) is 0 Å². The Labute approximate surface area is 110 Å². The van der Waals surface area contributed by atoms with Crippen molar-refractivity contribution in [2.45, 2.75) is 20.3 Å². The van der Waals surface area contributed by atoms with Gasteiger partial charge >= 0.3 is 5.97 Å². The first kappa shape index (κ1) is 15.4. The average Bonchev–Trinajstić information content (AvgIpc) is 2.36. The molecule has 0 radical (unpaired) electrons. The molecule has 5 heteroatoms. The van der Waals surface area contributed by atoms with E-state index in [9.17, 15) is 4.79 Å². The van der Waals surface area contributed by atoms with Crippen molar-refractivity contribution >= 4 is 5.97 Å². The van der Waals surface area contributed by atoms with Gasteiger partial charge < -0.3 is 9.47 Å². The lowest BCUT2D eigenvalue weighted by atomic mass is 10.3. The lowest BCUT2D eigenvalue weighted by Gasteiger charge is -2.34. The monoisotopic (exact) mass is 258 g/mol. The van der Waals surface area contributed by atoms with Crippen molar-refractivity contribution in [2.75, 3.05) is 59.1 Å². The van der Waals surface area contributed by atoms with Crippen molar-refractivity contribution in [3.05, 3.63) is 0 Å². The molecule has 0 amide bonds. The fourth-order valence-corrected chi connectivity index (χ4v) is 2.00. The standard InChI is InChI=1S/C13H26N2O3/c1-3-10-17-11-8-14-4-6-15(7-5-14)9-12-18-13(2)16/h3-12H2,1-2H3. The van der Waals surface area contributed by atoms with Gasteiger partial charge in [-0.2, -0.15) is 0 Å². The number of esters is 1. The molecule has 1 saturated heterocycles. The quantitative estimate of drug-likeness (QED) is 0.471. The molecule has 0 aromatic heterocycles. The third-order valence-electron chi connectivity index (χ3n) is 3.08. The van der Waals surface area contributed by atoms with Gasteiger partial charge in [-0.25, -0.2) is 0 Å². The van der Waals surface area contributed by atoms with Crippen LogP contribution in [0.1, 0.15) is 20.3 Å². The van der Waals surface area contributed by atoms with Gasteiger partial charge in [0.05, 0.1) is 6.61 Å². The first-order chi connectivity index (χ1) is 8.72. The van der Waals surface area contributed by atoms with Crippen LogP contribution in [0.4, 0.5) is 0 Å². The summed E-state index contributed by atoms with van der Waals surface area (Å²) in [5.41, 5.74) is 0. The van der Waals surface area contributed by atoms with E-state index >= 15 is 0 Å². The highest BCUT2D eigenvalue weighted by molar-refractivity contribution is 5.65. The number of ether oxygens (including phenoxy) is 2. The fourth-order valence-electron chi connectivity index (χ4n) is 2.00. The molecule has 0 aromatic carbocycles. The molecule has 0 unspecified atom stereocenters. The molecule has 0 atom stereocenters. The Balaban J connectivity index is 2.00. The fraction of sp³-hybridized carbons (Fsp3) is 0.923. The summed E-state index contributed by atoms with van der Waals surface area (Å²) in [6.45, 7) is 11.9. The van der Waals surface area contributed by atoms with Crippen LogP contribution >= 0.6 is 0 Å². The normalized spacial score (nSPS) is 17.9. The second-order valence-electron chi connectivity index (χ2n) is 4.64. The maximum Gasteiger partial charge on any atom is 0.302 e. The van der Waals surface area contributed by atoms with Gasteiger partial charge in [-0.05, 0) is 6.42 Å². The minimum Gasteiger partial charge on any atom is -0.465 e. The van der Waals surface area contributed by atoms with Gasteiger partial charge in [-0.3, -0.25) is 14.6 Å². The van der Waals surface area contributed by atoms with E-state index < -0.39 is 0 Å². The minimum atomic E-state index is -0.193. The van der Waals surface area contributed by atoms with Gasteiger partial charge in [0.15, 0.2) is 0 Å². The number of hydrogen-bond donors (Lipinski definition) is 0. The summed E-state index contributed by atoms with van der Waals surface area (Å²) in [5.74, 6) is -0.193. The van der Waals surface area contributed by atoms with E-state index in [0.29, 0.717) is 6.61 Å². The van der Waals surface area contributed by atoms with Crippen molar-refractivity contribution in [1.82, 2.24) is 9.80 Å². The number of carbonyl (C=O) groups excluding carboxylic acids is 1. The lowest BCUT2D eigenvalue weighted by molar-refractivity contribution is -0.141. The first-order valence-corrected chi connectivity index (χ1v) is 6.88. The molecule has 1 heterocycles. The Morgan fingerprint density at radius 3 is 2.06 bits per heavy atom. The predicted molar refractivity (Wildman–Crippen MR) is 70.6 cm³/mol. The van der Waals surface area contributed by atoms with Crippen LogP contribution in [-0.2, 0) is 14.3 Å². The van der Waals surface area contributed by atoms with E-state index in [1.54, 1.807) is 0 Å². The minimum absolute atomic E-state index is 0.193. The van der Waals surface area contributed by atoms with Gasteiger partial charge in [0.25, 0.3) is 0 Å². The zero-order valence-corrected chi connectivity index (χ0v) is 11.7. The second kappa shape index (κ2) is 9.30. The Hall–Kier alpha value is -0.650. The van der Waals surface area contributed by atoms with E-state index in [4.69, 9.17) is 9.47 Å². The van der Waals surface area contributed by atoms with Crippen molar-refractivity contribution in [1.29, 1.82) is 0 Å². The van der Waals surface area contributed by atoms with Crippen molar-refractivity contribution in [3.8, 4) is 0 Å². The van der Waals surface area contributed by atoms with E-state index in [-0.39, 0.29) is 5.97 Å². The van der Waals surface area contributed by atoms with Crippen LogP contribution in [0.2, 0.25) is 0 Å². The third kappa shape index (κ3) is 6.93. The molecule has 1 rings (SSSR count). The third-order valence-corrected chi connectivity index (χ3v) is 3.08. The second-order valence-corrected chi connectivity index (χ2v) is 4.64. The van der Waals surface area contributed by atoms with Crippen molar-refractivity contribution in [2.24, 2.45) is 0 Å². The molecule has 18 heavy (non-hydrogen) atoms. The van der Waals surface area contributed by atoms with Crippen molar-refractivity contribution in [3.63, 3.8) is 0 Å².